The largest absolute Gasteiger partial charge is 0.490 e. The number of nitro groups is 1. The topological polar surface area (TPSA) is 81.5 Å². The molecule has 0 atom stereocenters. The molecule has 19 heavy (non-hydrogen) atoms. The molecule has 0 saturated heterocycles. The molecule has 1 rings (SSSR count). The third-order valence-corrected chi connectivity index (χ3v) is 3.09. The summed E-state index contributed by atoms with van der Waals surface area (Å²) in [7, 11) is 1.28. The fourth-order valence-corrected chi connectivity index (χ4v) is 1.54. The minimum Gasteiger partial charge on any atom is -0.490 e. The Kier molecular flexibility index (Phi) is 4.72. The molecule has 0 aliphatic carbocycles. The van der Waals surface area contributed by atoms with Gasteiger partial charge in [0.25, 0.3) is 5.91 Å². The molecule has 0 spiro atoms. The maximum Gasteiger partial charge on any atom is 0.311 e. The van der Waals surface area contributed by atoms with Crippen molar-refractivity contribution in [1.29, 1.82) is 0 Å². The van der Waals surface area contributed by atoms with E-state index >= 15 is 0 Å². The standard InChI is InChI=1S/C12H15ClN2O4/c1-12(2,7-13)14-11(16)8-5-4-6-9(15(17)18)10(8)19-3/h4-6H,7H2,1-3H3,(H,14,16). The summed E-state index contributed by atoms with van der Waals surface area (Å²) in [6, 6.07) is 4.18. The molecule has 6 nitrogen and oxygen atoms in total. The number of amides is 1. The second-order valence-corrected chi connectivity index (χ2v) is 4.85. The summed E-state index contributed by atoms with van der Waals surface area (Å²) in [5.74, 6) is -0.308. The van der Waals surface area contributed by atoms with Gasteiger partial charge in [-0.25, -0.2) is 0 Å². The molecular formula is C12H15ClN2O4. The minimum absolute atomic E-state index is 0.0598. The van der Waals surface area contributed by atoms with Crippen LogP contribution in [0.2, 0.25) is 0 Å². The number of alkyl halides is 1. The number of carbonyl (C=O) groups excluding carboxylic acids is 1. The molecule has 0 bridgehead atoms. The lowest BCUT2D eigenvalue weighted by Crippen LogP contribution is -2.45. The maximum absolute atomic E-state index is 12.1. The number of halogens is 1. The number of nitrogens with zero attached hydrogens (tertiary/aromatic N) is 1. The van der Waals surface area contributed by atoms with Crippen LogP contribution in [-0.2, 0) is 0 Å². The third-order valence-electron chi connectivity index (χ3n) is 2.43. The molecule has 0 aliphatic rings. The molecule has 1 amide bonds. The molecule has 1 aromatic carbocycles. The fourth-order valence-electron chi connectivity index (χ4n) is 1.47. The van der Waals surface area contributed by atoms with Crippen molar-refractivity contribution in [2.24, 2.45) is 0 Å². The van der Waals surface area contributed by atoms with Crippen molar-refractivity contribution in [3.8, 4) is 5.75 Å². The first-order chi connectivity index (χ1) is 8.82. The molecule has 1 N–H and O–H groups in total. The molecule has 1 aromatic rings. The highest BCUT2D eigenvalue weighted by molar-refractivity contribution is 6.18. The van der Waals surface area contributed by atoms with E-state index in [1.54, 1.807) is 13.8 Å². The van der Waals surface area contributed by atoms with Crippen molar-refractivity contribution in [2.45, 2.75) is 19.4 Å². The van der Waals surface area contributed by atoms with Crippen molar-refractivity contribution >= 4 is 23.2 Å². The number of methoxy groups -OCH3 is 1. The Bertz CT molecular complexity index is 503. The van der Waals surface area contributed by atoms with E-state index in [1.165, 1.54) is 25.3 Å². The fraction of sp³-hybridized carbons (Fsp3) is 0.417. The molecule has 0 aromatic heterocycles. The Morgan fingerprint density at radius 3 is 2.63 bits per heavy atom. The number of nitro benzene ring substituents is 1. The predicted molar refractivity (Wildman–Crippen MR) is 71.9 cm³/mol. The summed E-state index contributed by atoms with van der Waals surface area (Å²) in [5.41, 5.74) is -0.761. The first-order valence-corrected chi connectivity index (χ1v) is 6.05. The van der Waals surface area contributed by atoms with Crippen LogP contribution >= 0.6 is 11.6 Å². The van der Waals surface area contributed by atoms with Crippen molar-refractivity contribution in [2.75, 3.05) is 13.0 Å². The first-order valence-electron chi connectivity index (χ1n) is 5.52. The molecule has 0 saturated carbocycles. The van der Waals surface area contributed by atoms with Crippen molar-refractivity contribution in [3.63, 3.8) is 0 Å². The van der Waals surface area contributed by atoms with Gasteiger partial charge < -0.3 is 10.1 Å². The Balaban J connectivity index is 3.17. The van der Waals surface area contributed by atoms with Gasteiger partial charge in [0, 0.05) is 17.5 Å². The summed E-state index contributed by atoms with van der Waals surface area (Å²) in [4.78, 5) is 22.4. The maximum atomic E-state index is 12.1. The van der Waals surface area contributed by atoms with Gasteiger partial charge in [0.15, 0.2) is 0 Å². The number of nitrogens with one attached hydrogen (secondary N) is 1. The molecule has 104 valence electrons. The van der Waals surface area contributed by atoms with Gasteiger partial charge in [-0.1, -0.05) is 6.07 Å². The van der Waals surface area contributed by atoms with Crippen LogP contribution in [0, 0.1) is 10.1 Å². The number of ether oxygens (including phenoxy) is 1. The molecule has 0 fully saturated rings. The zero-order chi connectivity index (χ0) is 14.6. The average Bonchev–Trinajstić information content (AvgIpc) is 2.37. The van der Waals surface area contributed by atoms with Crippen LogP contribution in [0.25, 0.3) is 0 Å². The van der Waals surface area contributed by atoms with Gasteiger partial charge in [0.2, 0.25) is 5.75 Å². The lowest BCUT2D eigenvalue weighted by atomic mass is 10.1. The van der Waals surface area contributed by atoms with Gasteiger partial charge in [0.05, 0.1) is 17.6 Å². The van der Waals surface area contributed by atoms with Crippen molar-refractivity contribution in [1.82, 2.24) is 5.32 Å². The number of benzene rings is 1. The van der Waals surface area contributed by atoms with Crippen LogP contribution in [0.1, 0.15) is 24.2 Å². The third kappa shape index (κ3) is 3.57. The van der Waals surface area contributed by atoms with Gasteiger partial charge >= 0.3 is 5.69 Å². The Morgan fingerprint density at radius 1 is 1.53 bits per heavy atom. The highest BCUT2D eigenvalue weighted by Gasteiger charge is 2.26. The second-order valence-electron chi connectivity index (χ2n) is 4.59. The molecule has 0 unspecified atom stereocenters. The SMILES string of the molecule is COc1c(C(=O)NC(C)(C)CCl)cccc1[N+](=O)[O-]. The number of hydrogen-bond donors (Lipinski definition) is 1. The normalized spacial score (nSPS) is 10.9. The van der Waals surface area contributed by atoms with Gasteiger partial charge in [-0.2, -0.15) is 0 Å². The zero-order valence-corrected chi connectivity index (χ0v) is 11.7. The quantitative estimate of drug-likeness (QED) is 0.512. The van der Waals surface area contributed by atoms with E-state index in [0.29, 0.717) is 0 Å². The molecular weight excluding hydrogens is 272 g/mol. The summed E-state index contributed by atoms with van der Waals surface area (Å²) in [6.45, 7) is 3.50. The monoisotopic (exact) mass is 286 g/mol. The van der Waals surface area contributed by atoms with E-state index in [1.807, 2.05) is 0 Å². The molecule has 0 aliphatic heterocycles. The Hall–Kier alpha value is -1.82. The average molecular weight is 287 g/mol. The number of carbonyl (C=O) groups is 1. The van der Waals surface area contributed by atoms with E-state index in [2.05, 4.69) is 5.32 Å². The highest BCUT2D eigenvalue weighted by atomic mass is 35.5. The van der Waals surface area contributed by atoms with E-state index in [0.717, 1.165) is 0 Å². The summed E-state index contributed by atoms with van der Waals surface area (Å²) in [5, 5.41) is 13.6. The molecule has 0 radical (unpaired) electrons. The second kappa shape index (κ2) is 5.88. The van der Waals surface area contributed by atoms with Gasteiger partial charge in [-0.3, -0.25) is 14.9 Å². The van der Waals surface area contributed by atoms with Crippen LogP contribution in [0.15, 0.2) is 18.2 Å². The number of para-hydroxylation sites is 1. The summed E-state index contributed by atoms with van der Waals surface area (Å²) in [6.07, 6.45) is 0. The van der Waals surface area contributed by atoms with Crippen LogP contribution < -0.4 is 10.1 Å². The lowest BCUT2D eigenvalue weighted by Gasteiger charge is -2.23. The predicted octanol–water partition coefficient (Wildman–Crippen LogP) is 2.35. The smallest absolute Gasteiger partial charge is 0.311 e. The van der Waals surface area contributed by atoms with E-state index in [4.69, 9.17) is 16.3 Å². The van der Waals surface area contributed by atoms with E-state index in [9.17, 15) is 14.9 Å². The molecule has 0 heterocycles. The Morgan fingerprint density at radius 2 is 2.16 bits per heavy atom. The van der Waals surface area contributed by atoms with Gasteiger partial charge in [0.1, 0.15) is 0 Å². The van der Waals surface area contributed by atoms with Crippen LogP contribution in [0.4, 0.5) is 5.69 Å². The van der Waals surface area contributed by atoms with E-state index in [-0.39, 0.29) is 22.9 Å². The first kappa shape index (κ1) is 15.2. The van der Waals surface area contributed by atoms with Gasteiger partial charge in [-0.05, 0) is 19.9 Å². The lowest BCUT2D eigenvalue weighted by molar-refractivity contribution is -0.385. The van der Waals surface area contributed by atoms with Crippen molar-refractivity contribution < 1.29 is 14.5 Å². The summed E-state index contributed by atoms with van der Waals surface area (Å²) >= 11 is 5.73. The van der Waals surface area contributed by atoms with Gasteiger partial charge in [-0.15, -0.1) is 11.6 Å². The Labute approximate surface area is 115 Å². The van der Waals surface area contributed by atoms with Crippen LogP contribution in [0.3, 0.4) is 0 Å². The van der Waals surface area contributed by atoms with Crippen LogP contribution in [-0.4, -0.2) is 29.4 Å². The van der Waals surface area contributed by atoms with Crippen LogP contribution in [0.5, 0.6) is 5.75 Å². The molecule has 7 heteroatoms. The zero-order valence-electron chi connectivity index (χ0n) is 10.9. The number of rotatable bonds is 5. The highest BCUT2D eigenvalue weighted by Crippen LogP contribution is 2.30. The van der Waals surface area contributed by atoms with E-state index < -0.39 is 16.4 Å². The van der Waals surface area contributed by atoms with Crippen molar-refractivity contribution in [3.05, 3.63) is 33.9 Å². The summed E-state index contributed by atoms with van der Waals surface area (Å²) < 4.78 is 4.97. The minimum atomic E-state index is -0.617. The number of hydrogen-bond acceptors (Lipinski definition) is 4.